The topological polar surface area (TPSA) is 50.8 Å². The second-order valence-corrected chi connectivity index (χ2v) is 6.01. The Morgan fingerprint density at radius 1 is 1.11 bits per heavy atom. The number of hydrogen-bond donors (Lipinski definition) is 1. The van der Waals surface area contributed by atoms with Crippen LogP contribution < -0.4 is 15.0 Å². The molecule has 0 aliphatic carbocycles. The molecular formula is C19H19F3N2O3. The summed E-state index contributed by atoms with van der Waals surface area (Å²) in [5.74, 6) is -0.0478. The molecule has 2 aromatic carbocycles. The lowest BCUT2D eigenvalue weighted by Crippen LogP contribution is -2.36. The van der Waals surface area contributed by atoms with E-state index in [1.54, 1.807) is 12.1 Å². The van der Waals surface area contributed by atoms with Gasteiger partial charge in [0, 0.05) is 24.3 Å². The van der Waals surface area contributed by atoms with E-state index in [0.29, 0.717) is 24.7 Å². The summed E-state index contributed by atoms with van der Waals surface area (Å²) in [4.78, 5) is 14.6. The van der Waals surface area contributed by atoms with Crippen molar-refractivity contribution in [2.75, 3.05) is 43.6 Å². The predicted octanol–water partition coefficient (Wildman–Crippen LogP) is 3.80. The molecule has 1 aliphatic rings. The van der Waals surface area contributed by atoms with Crippen LogP contribution in [-0.4, -0.2) is 39.3 Å². The summed E-state index contributed by atoms with van der Waals surface area (Å²) in [6.45, 7) is 2.72. The number of rotatable bonds is 4. The highest BCUT2D eigenvalue weighted by molar-refractivity contribution is 6.05. The highest BCUT2D eigenvalue weighted by Gasteiger charge is 2.30. The molecule has 1 fully saturated rings. The minimum Gasteiger partial charge on any atom is -0.495 e. The number of morpholine rings is 1. The summed E-state index contributed by atoms with van der Waals surface area (Å²) < 4.78 is 48.6. The first kappa shape index (κ1) is 19.0. The lowest BCUT2D eigenvalue weighted by molar-refractivity contribution is -0.137. The molecule has 1 aliphatic heterocycles. The third-order valence-corrected chi connectivity index (χ3v) is 4.28. The number of halogens is 3. The zero-order valence-corrected chi connectivity index (χ0v) is 14.7. The lowest BCUT2D eigenvalue weighted by atomic mass is 10.1. The van der Waals surface area contributed by atoms with Gasteiger partial charge in [-0.25, -0.2) is 0 Å². The molecule has 1 amide bonds. The number of carbonyl (C=O) groups is 1. The summed E-state index contributed by atoms with van der Waals surface area (Å²) in [6, 6.07) is 9.48. The highest BCUT2D eigenvalue weighted by atomic mass is 19.4. The van der Waals surface area contributed by atoms with Crippen molar-refractivity contribution in [2.45, 2.75) is 6.18 Å². The molecule has 1 saturated heterocycles. The lowest BCUT2D eigenvalue weighted by Gasteiger charge is -2.29. The quantitative estimate of drug-likeness (QED) is 0.877. The minimum absolute atomic E-state index is 0.127. The fraction of sp³-hybridized carbons (Fsp3) is 0.316. The number of benzene rings is 2. The van der Waals surface area contributed by atoms with Crippen molar-refractivity contribution in [2.24, 2.45) is 0 Å². The molecule has 0 radical (unpaired) electrons. The fourth-order valence-electron chi connectivity index (χ4n) is 2.82. The molecule has 3 rings (SSSR count). The number of alkyl halides is 3. The Balaban J connectivity index is 1.79. The van der Waals surface area contributed by atoms with Gasteiger partial charge in [-0.15, -0.1) is 0 Å². The van der Waals surface area contributed by atoms with Crippen LogP contribution in [0.3, 0.4) is 0 Å². The van der Waals surface area contributed by atoms with Gasteiger partial charge in [0.1, 0.15) is 5.75 Å². The van der Waals surface area contributed by atoms with E-state index in [9.17, 15) is 18.0 Å². The molecule has 5 nitrogen and oxygen atoms in total. The van der Waals surface area contributed by atoms with E-state index in [0.717, 1.165) is 43.0 Å². The molecule has 0 atom stereocenters. The first-order chi connectivity index (χ1) is 12.9. The van der Waals surface area contributed by atoms with E-state index in [-0.39, 0.29) is 5.56 Å². The summed E-state index contributed by atoms with van der Waals surface area (Å²) in [7, 11) is 1.48. The van der Waals surface area contributed by atoms with Crippen LogP contribution in [0.5, 0.6) is 5.75 Å². The maximum atomic E-state index is 12.7. The first-order valence-corrected chi connectivity index (χ1v) is 8.38. The number of amides is 1. The third kappa shape index (κ3) is 4.51. The van der Waals surface area contributed by atoms with Crippen LogP contribution in [0.4, 0.5) is 24.5 Å². The molecule has 2 aromatic rings. The molecule has 8 heteroatoms. The Morgan fingerprint density at radius 3 is 2.37 bits per heavy atom. The maximum absolute atomic E-state index is 12.7. The normalized spacial score (nSPS) is 14.7. The highest BCUT2D eigenvalue weighted by Crippen LogP contribution is 2.31. The van der Waals surface area contributed by atoms with Crippen LogP contribution in [0.25, 0.3) is 0 Å². The number of carbonyl (C=O) groups excluding carboxylic acids is 1. The van der Waals surface area contributed by atoms with Crippen LogP contribution in [0.15, 0.2) is 42.5 Å². The zero-order chi connectivity index (χ0) is 19.4. The molecule has 1 heterocycles. The van der Waals surface area contributed by atoms with Crippen LogP contribution in [0, 0.1) is 0 Å². The van der Waals surface area contributed by atoms with Crippen molar-refractivity contribution in [3.63, 3.8) is 0 Å². The van der Waals surface area contributed by atoms with Crippen molar-refractivity contribution in [1.29, 1.82) is 0 Å². The maximum Gasteiger partial charge on any atom is 0.416 e. The number of nitrogens with one attached hydrogen (secondary N) is 1. The summed E-state index contributed by atoms with van der Waals surface area (Å²) in [5.41, 5.74) is 0.681. The number of ether oxygens (including phenoxy) is 2. The van der Waals surface area contributed by atoms with Crippen molar-refractivity contribution in [3.05, 3.63) is 53.6 Å². The second kappa shape index (κ2) is 7.87. The van der Waals surface area contributed by atoms with Gasteiger partial charge in [-0.1, -0.05) is 0 Å². The molecule has 27 heavy (non-hydrogen) atoms. The van der Waals surface area contributed by atoms with Crippen LogP contribution in [-0.2, 0) is 10.9 Å². The average molecular weight is 380 g/mol. The Morgan fingerprint density at radius 2 is 1.78 bits per heavy atom. The Hall–Kier alpha value is -2.74. The minimum atomic E-state index is -4.44. The molecular weight excluding hydrogens is 361 g/mol. The number of hydrogen-bond acceptors (Lipinski definition) is 4. The zero-order valence-electron chi connectivity index (χ0n) is 14.7. The smallest absolute Gasteiger partial charge is 0.416 e. The van der Waals surface area contributed by atoms with E-state index < -0.39 is 17.6 Å². The standard InChI is InChI=1S/C19H19F3N2O3/c1-26-17-7-6-15(24-8-10-27-11-9-24)12-16(17)23-18(25)13-2-4-14(5-3-13)19(20,21)22/h2-7,12H,8-11H2,1H3,(H,23,25). The molecule has 144 valence electrons. The van der Waals surface area contributed by atoms with Gasteiger partial charge in [0.25, 0.3) is 5.91 Å². The number of methoxy groups -OCH3 is 1. The molecule has 0 spiro atoms. The molecule has 1 N–H and O–H groups in total. The van der Waals surface area contributed by atoms with E-state index in [4.69, 9.17) is 9.47 Å². The summed E-state index contributed by atoms with van der Waals surface area (Å²) in [6.07, 6.45) is -4.44. The average Bonchev–Trinajstić information content (AvgIpc) is 2.68. The largest absolute Gasteiger partial charge is 0.495 e. The van der Waals surface area contributed by atoms with Gasteiger partial charge in [0.15, 0.2) is 0 Å². The first-order valence-electron chi connectivity index (χ1n) is 8.38. The Kier molecular flexibility index (Phi) is 5.55. The number of nitrogens with zero attached hydrogens (tertiary/aromatic N) is 1. The van der Waals surface area contributed by atoms with Gasteiger partial charge in [-0.2, -0.15) is 13.2 Å². The van der Waals surface area contributed by atoms with E-state index in [2.05, 4.69) is 10.2 Å². The van der Waals surface area contributed by atoms with Crippen molar-refractivity contribution in [1.82, 2.24) is 0 Å². The Bertz CT molecular complexity index is 801. The number of anilines is 2. The van der Waals surface area contributed by atoms with Gasteiger partial charge in [0.05, 0.1) is 31.6 Å². The van der Waals surface area contributed by atoms with Crippen molar-refractivity contribution >= 4 is 17.3 Å². The monoisotopic (exact) mass is 380 g/mol. The molecule has 0 bridgehead atoms. The van der Waals surface area contributed by atoms with Crippen LogP contribution >= 0.6 is 0 Å². The van der Waals surface area contributed by atoms with Crippen LogP contribution in [0.2, 0.25) is 0 Å². The van der Waals surface area contributed by atoms with E-state index in [1.807, 2.05) is 6.07 Å². The van der Waals surface area contributed by atoms with Gasteiger partial charge in [0.2, 0.25) is 0 Å². The van der Waals surface area contributed by atoms with Crippen LogP contribution in [0.1, 0.15) is 15.9 Å². The SMILES string of the molecule is COc1ccc(N2CCOCC2)cc1NC(=O)c1ccc(C(F)(F)F)cc1. The third-order valence-electron chi connectivity index (χ3n) is 4.28. The van der Waals surface area contributed by atoms with Gasteiger partial charge in [-0.05, 0) is 42.5 Å². The predicted molar refractivity (Wildman–Crippen MR) is 95.4 cm³/mol. The van der Waals surface area contributed by atoms with Gasteiger partial charge in [-0.3, -0.25) is 4.79 Å². The molecule has 0 saturated carbocycles. The van der Waals surface area contributed by atoms with Gasteiger partial charge >= 0.3 is 6.18 Å². The Labute approximate surface area is 154 Å². The molecule has 0 aromatic heterocycles. The van der Waals surface area contributed by atoms with Crippen molar-refractivity contribution in [3.8, 4) is 5.75 Å². The van der Waals surface area contributed by atoms with E-state index in [1.165, 1.54) is 7.11 Å². The second-order valence-electron chi connectivity index (χ2n) is 6.01. The molecule has 0 unspecified atom stereocenters. The summed E-state index contributed by atoms with van der Waals surface area (Å²) >= 11 is 0. The van der Waals surface area contributed by atoms with E-state index >= 15 is 0 Å². The van der Waals surface area contributed by atoms with Crippen molar-refractivity contribution < 1.29 is 27.4 Å². The fourth-order valence-corrected chi connectivity index (χ4v) is 2.82. The van der Waals surface area contributed by atoms with Gasteiger partial charge < -0.3 is 19.7 Å². The summed E-state index contributed by atoms with van der Waals surface area (Å²) in [5, 5.41) is 2.71.